The zero-order chi connectivity index (χ0) is 13.2. The first-order chi connectivity index (χ1) is 9.24. The molecule has 1 N–H and O–H groups in total. The molecule has 2 aliphatic heterocycles. The third kappa shape index (κ3) is 2.76. The maximum atomic E-state index is 11.7. The highest BCUT2D eigenvalue weighted by Crippen LogP contribution is 2.27. The van der Waals surface area contributed by atoms with Gasteiger partial charge in [-0.1, -0.05) is 12.8 Å². The molecule has 5 nitrogen and oxygen atoms in total. The first kappa shape index (κ1) is 12.9. The highest BCUT2D eigenvalue weighted by molar-refractivity contribution is 6.02. The Balaban J connectivity index is 1.49. The van der Waals surface area contributed by atoms with Crippen LogP contribution in [0.15, 0.2) is 0 Å². The number of likely N-dealkylation sites (tertiary alicyclic amines) is 1. The van der Waals surface area contributed by atoms with Gasteiger partial charge in [0, 0.05) is 25.7 Å². The van der Waals surface area contributed by atoms with Crippen molar-refractivity contribution < 1.29 is 9.59 Å². The molecular weight excluding hydrogens is 242 g/mol. The number of piperidine rings is 1. The second-order valence-corrected chi connectivity index (χ2v) is 6.10. The maximum Gasteiger partial charge on any atom is 0.324 e. The summed E-state index contributed by atoms with van der Waals surface area (Å²) in [5.41, 5.74) is 0. The lowest BCUT2D eigenvalue weighted by molar-refractivity contribution is -0.127. The maximum absolute atomic E-state index is 11.7. The monoisotopic (exact) mass is 265 g/mol. The minimum Gasteiger partial charge on any atom is -0.329 e. The van der Waals surface area contributed by atoms with Gasteiger partial charge in [-0.3, -0.25) is 9.69 Å². The molecule has 5 heteroatoms. The molecule has 3 aliphatic rings. The van der Waals surface area contributed by atoms with Crippen LogP contribution < -0.4 is 5.32 Å². The Bertz CT molecular complexity index is 342. The topological polar surface area (TPSA) is 52.7 Å². The molecule has 0 bridgehead atoms. The summed E-state index contributed by atoms with van der Waals surface area (Å²) in [5.74, 6) is 0.826. The Morgan fingerprint density at radius 2 is 1.74 bits per heavy atom. The molecule has 3 amide bonds. The third-order valence-corrected chi connectivity index (χ3v) is 4.79. The van der Waals surface area contributed by atoms with Crippen LogP contribution in [0.5, 0.6) is 0 Å². The number of hydrogen-bond acceptors (Lipinski definition) is 3. The van der Waals surface area contributed by atoms with Crippen LogP contribution in [0, 0.1) is 5.92 Å². The summed E-state index contributed by atoms with van der Waals surface area (Å²) in [6, 6.07) is -0.0749. The summed E-state index contributed by atoms with van der Waals surface area (Å²) in [6.45, 7) is 3.45. The summed E-state index contributed by atoms with van der Waals surface area (Å²) >= 11 is 0. The van der Waals surface area contributed by atoms with E-state index >= 15 is 0 Å². The molecule has 0 aromatic carbocycles. The van der Waals surface area contributed by atoms with E-state index in [-0.39, 0.29) is 24.5 Å². The van der Waals surface area contributed by atoms with Crippen molar-refractivity contribution in [2.24, 2.45) is 5.92 Å². The van der Waals surface area contributed by atoms with E-state index in [9.17, 15) is 9.59 Å². The van der Waals surface area contributed by atoms with Gasteiger partial charge < -0.3 is 10.2 Å². The van der Waals surface area contributed by atoms with E-state index in [1.165, 1.54) is 37.1 Å². The van der Waals surface area contributed by atoms with Gasteiger partial charge in [-0.2, -0.15) is 0 Å². The molecule has 0 unspecified atom stereocenters. The summed E-state index contributed by atoms with van der Waals surface area (Å²) in [4.78, 5) is 27.3. The smallest absolute Gasteiger partial charge is 0.324 e. The Hall–Kier alpha value is -1.10. The molecule has 106 valence electrons. The highest BCUT2D eigenvalue weighted by atomic mass is 16.2. The second-order valence-electron chi connectivity index (χ2n) is 6.10. The predicted molar refractivity (Wildman–Crippen MR) is 71.7 cm³/mol. The van der Waals surface area contributed by atoms with Crippen molar-refractivity contribution in [3.05, 3.63) is 0 Å². The first-order valence-electron chi connectivity index (χ1n) is 7.56. The number of carbonyl (C=O) groups excluding carboxylic acids is 2. The minimum atomic E-state index is -0.195. The molecule has 1 saturated carbocycles. The quantitative estimate of drug-likeness (QED) is 0.780. The van der Waals surface area contributed by atoms with Gasteiger partial charge >= 0.3 is 6.03 Å². The number of hydrogen-bond donors (Lipinski definition) is 1. The summed E-state index contributed by atoms with van der Waals surface area (Å²) in [6.07, 6.45) is 7.42. The van der Waals surface area contributed by atoms with E-state index in [0.29, 0.717) is 0 Å². The summed E-state index contributed by atoms with van der Waals surface area (Å²) in [5, 5.41) is 2.61. The molecule has 0 radical (unpaired) electrons. The van der Waals surface area contributed by atoms with Gasteiger partial charge in [0.1, 0.15) is 0 Å². The number of amides is 3. The van der Waals surface area contributed by atoms with Gasteiger partial charge in [0.2, 0.25) is 5.91 Å². The molecule has 0 aromatic heterocycles. The van der Waals surface area contributed by atoms with Crippen LogP contribution in [0.4, 0.5) is 4.79 Å². The number of urea groups is 1. The SMILES string of the molecule is O=C1CNC(=O)N1C1CCN(CC2CCCC2)CC1. The largest absolute Gasteiger partial charge is 0.329 e. The lowest BCUT2D eigenvalue weighted by atomic mass is 10.0. The van der Waals surface area contributed by atoms with Gasteiger partial charge in [-0.25, -0.2) is 4.79 Å². The van der Waals surface area contributed by atoms with E-state index in [0.717, 1.165) is 31.8 Å². The second kappa shape index (κ2) is 5.49. The third-order valence-electron chi connectivity index (χ3n) is 4.79. The van der Waals surface area contributed by atoms with Crippen molar-refractivity contribution in [1.29, 1.82) is 0 Å². The Labute approximate surface area is 114 Å². The van der Waals surface area contributed by atoms with Crippen molar-refractivity contribution in [2.75, 3.05) is 26.2 Å². The first-order valence-corrected chi connectivity index (χ1v) is 7.56. The van der Waals surface area contributed by atoms with Gasteiger partial charge in [0.25, 0.3) is 0 Å². The molecule has 1 aliphatic carbocycles. The van der Waals surface area contributed by atoms with Crippen molar-refractivity contribution in [2.45, 2.75) is 44.6 Å². The standard InChI is InChI=1S/C14H23N3O2/c18-13-9-15-14(19)17(13)12-5-7-16(8-6-12)10-11-3-1-2-4-11/h11-12H,1-10H2,(H,15,19). The van der Waals surface area contributed by atoms with Gasteiger partial charge in [0.05, 0.1) is 6.54 Å². The predicted octanol–water partition coefficient (Wildman–Crippen LogP) is 1.19. The van der Waals surface area contributed by atoms with E-state index in [4.69, 9.17) is 0 Å². The van der Waals surface area contributed by atoms with Crippen molar-refractivity contribution in [1.82, 2.24) is 15.1 Å². The molecule has 0 atom stereocenters. The normalized spacial score (nSPS) is 27.3. The van der Waals surface area contributed by atoms with Gasteiger partial charge in [-0.05, 0) is 31.6 Å². The van der Waals surface area contributed by atoms with Crippen molar-refractivity contribution in [3.63, 3.8) is 0 Å². The van der Waals surface area contributed by atoms with Crippen LogP contribution in [0.3, 0.4) is 0 Å². The molecule has 19 heavy (non-hydrogen) atoms. The lowest BCUT2D eigenvalue weighted by Gasteiger charge is -2.36. The Kier molecular flexibility index (Phi) is 3.73. The Morgan fingerprint density at radius 1 is 1.05 bits per heavy atom. The number of imide groups is 1. The van der Waals surface area contributed by atoms with Crippen LogP contribution in [-0.2, 0) is 4.79 Å². The van der Waals surface area contributed by atoms with Crippen LogP contribution in [0.2, 0.25) is 0 Å². The van der Waals surface area contributed by atoms with Gasteiger partial charge in [-0.15, -0.1) is 0 Å². The summed E-state index contributed by atoms with van der Waals surface area (Å²) in [7, 11) is 0. The number of rotatable bonds is 3. The number of carbonyl (C=O) groups is 2. The van der Waals surface area contributed by atoms with E-state index < -0.39 is 0 Å². The molecule has 2 heterocycles. The van der Waals surface area contributed by atoms with Crippen LogP contribution in [0.25, 0.3) is 0 Å². The Morgan fingerprint density at radius 3 is 2.32 bits per heavy atom. The van der Waals surface area contributed by atoms with Crippen LogP contribution >= 0.6 is 0 Å². The molecule has 3 fully saturated rings. The molecule has 0 aromatic rings. The zero-order valence-corrected chi connectivity index (χ0v) is 11.4. The molecule has 3 rings (SSSR count). The fourth-order valence-corrected chi connectivity index (χ4v) is 3.72. The van der Waals surface area contributed by atoms with E-state index in [1.807, 2.05) is 0 Å². The number of nitrogens with zero attached hydrogens (tertiary/aromatic N) is 2. The van der Waals surface area contributed by atoms with Crippen molar-refractivity contribution in [3.8, 4) is 0 Å². The average molecular weight is 265 g/mol. The average Bonchev–Trinajstić information content (AvgIpc) is 3.02. The zero-order valence-electron chi connectivity index (χ0n) is 11.4. The lowest BCUT2D eigenvalue weighted by Crippen LogP contribution is -2.48. The van der Waals surface area contributed by atoms with Crippen LogP contribution in [-0.4, -0.2) is 54.0 Å². The van der Waals surface area contributed by atoms with Crippen molar-refractivity contribution >= 4 is 11.9 Å². The number of nitrogens with one attached hydrogen (secondary N) is 1. The van der Waals surface area contributed by atoms with E-state index in [2.05, 4.69) is 10.2 Å². The summed E-state index contributed by atoms with van der Waals surface area (Å²) < 4.78 is 0. The fraction of sp³-hybridized carbons (Fsp3) is 0.857. The van der Waals surface area contributed by atoms with Crippen LogP contribution in [0.1, 0.15) is 38.5 Å². The van der Waals surface area contributed by atoms with E-state index in [1.54, 1.807) is 0 Å². The molecule has 2 saturated heterocycles. The highest BCUT2D eigenvalue weighted by Gasteiger charge is 2.36. The fourth-order valence-electron chi connectivity index (χ4n) is 3.72. The molecule has 0 spiro atoms. The molecular formula is C14H23N3O2. The van der Waals surface area contributed by atoms with Gasteiger partial charge in [0.15, 0.2) is 0 Å². The minimum absolute atomic E-state index is 0.0563.